The molecule has 8 heteroatoms. The fourth-order valence-electron chi connectivity index (χ4n) is 1.89. The number of carboxylic acid groups (broad SMARTS) is 1. The molecule has 2 rings (SSSR count). The van der Waals surface area contributed by atoms with Gasteiger partial charge in [0.1, 0.15) is 5.82 Å². The lowest BCUT2D eigenvalue weighted by Gasteiger charge is -2.19. The zero-order valence-electron chi connectivity index (χ0n) is 12.5. The topological polar surface area (TPSA) is 86.3 Å². The van der Waals surface area contributed by atoms with Gasteiger partial charge in [0.2, 0.25) is 10.0 Å². The fourth-order valence-corrected chi connectivity index (χ4v) is 4.18. The van der Waals surface area contributed by atoms with E-state index in [4.69, 9.17) is 0 Å². The second-order valence-corrected chi connectivity index (χ2v) is 7.69. The van der Waals surface area contributed by atoms with Crippen molar-refractivity contribution >= 4 is 27.8 Å². The fraction of sp³-hybridized carbons (Fsp3) is 0.188. The van der Waals surface area contributed by atoms with Gasteiger partial charge in [-0.25, -0.2) is 17.5 Å². The van der Waals surface area contributed by atoms with Gasteiger partial charge in [0.15, 0.2) is 0 Å². The quantitative estimate of drug-likeness (QED) is 0.756. The third-order valence-corrected chi connectivity index (χ3v) is 5.70. The molecule has 0 saturated heterocycles. The summed E-state index contributed by atoms with van der Waals surface area (Å²) in [5, 5.41) is 11.2. The number of aliphatic carboxylic acids is 1. The van der Waals surface area contributed by atoms with E-state index in [1.54, 1.807) is 0 Å². The maximum atomic E-state index is 12.9. The Hall–Kier alpha value is -1.90. The van der Waals surface area contributed by atoms with E-state index >= 15 is 0 Å². The van der Waals surface area contributed by atoms with Crippen molar-refractivity contribution in [2.45, 2.75) is 16.7 Å². The molecular weight excluding hydrogens is 353 g/mol. The number of carbonyl (C=O) groups excluding carboxylic acids is 1. The van der Waals surface area contributed by atoms with Crippen LogP contribution in [0, 0.1) is 5.82 Å². The van der Waals surface area contributed by atoms with E-state index in [2.05, 4.69) is 4.72 Å². The minimum absolute atomic E-state index is 0.0116. The van der Waals surface area contributed by atoms with Gasteiger partial charge in [0.25, 0.3) is 0 Å². The van der Waals surface area contributed by atoms with Crippen molar-refractivity contribution in [3.63, 3.8) is 0 Å². The average Bonchev–Trinajstić information content (AvgIpc) is 2.55. The molecule has 0 amide bonds. The first-order valence-corrected chi connectivity index (χ1v) is 9.63. The van der Waals surface area contributed by atoms with Crippen LogP contribution in [-0.4, -0.2) is 26.2 Å². The summed E-state index contributed by atoms with van der Waals surface area (Å²) in [7, 11) is -4.07. The Kier molecular flexibility index (Phi) is 6.36. The Morgan fingerprint density at radius 2 is 1.75 bits per heavy atom. The van der Waals surface area contributed by atoms with E-state index in [9.17, 15) is 22.7 Å². The predicted octanol–water partition coefficient (Wildman–Crippen LogP) is 1.16. The van der Waals surface area contributed by atoms with E-state index in [1.165, 1.54) is 11.8 Å². The van der Waals surface area contributed by atoms with Crippen LogP contribution in [0.25, 0.3) is 0 Å². The summed E-state index contributed by atoms with van der Waals surface area (Å²) in [6.45, 7) is 0. The molecule has 0 spiro atoms. The van der Waals surface area contributed by atoms with Gasteiger partial charge in [0, 0.05) is 11.5 Å². The molecule has 0 aliphatic heterocycles. The number of hydrogen-bond donors (Lipinski definition) is 1. The summed E-state index contributed by atoms with van der Waals surface area (Å²) in [6, 6.07) is 12.1. The minimum atomic E-state index is -4.07. The molecule has 24 heavy (non-hydrogen) atoms. The predicted molar refractivity (Wildman–Crippen MR) is 88.1 cm³/mol. The molecule has 0 heterocycles. The number of nitrogens with one attached hydrogen (secondary N) is 1. The lowest BCUT2D eigenvalue weighted by molar-refractivity contribution is -0.307. The van der Waals surface area contributed by atoms with Gasteiger partial charge in [-0.2, -0.15) is 11.8 Å². The second kappa shape index (κ2) is 8.27. The van der Waals surface area contributed by atoms with Gasteiger partial charge in [-0.3, -0.25) is 0 Å². The van der Waals surface area contributed by atoms with E-state index in [-0.39, 0.29) is 10.6 Å². The standard InChI is InChI=1S/C16H16FNO4S2/c17-13-6-8-14(9-7-13)24(21,22)18-15(16(19)20)11-23-10-12-4-2-1-3-5-12/h1-9,15,18H,10-11H2,(H,19,20)/p-1/t15-/m0/s1. The Balaban J connectivity index is 2.00. The van der Waals surface area contributed by atoms with Gasteiger partial charge >= 0.3 is 0 Å². The van der Waals surface area contributed by atoms with Crippen molar-refractivity contribution in [2.24, 2.45) is 0 Å². The Bertz CT molecular complexity index is 779. The van der Waals surface area contributed by atoms with Crippen LogP contribution < -0.4 is 9.83 Å². The van der Waals surface area contributed by atoms with Gasteiger partial charge in [-0.15, -0.1) is 0 Å². The van der Waals surface area contributed by atoms with Crippen molar-refractivity contribution in [3.8, 4) is 0 Å². The molecule has 1 N–H and O–H groups in total. The van der Waals surface area contributed by atoms with Crippen LogP contribution in [0.4, 0.5) is 4.39 Å². The Labute approximate surface area is 144 Å². The molecule has 0 unspecified atom stereocenters. The highest BCUT2D eigenvalue weighted by Crippen LogP contribution is 2.15. The molecule has 0 aliphatic carbocycles. The van der Waals surface area contributed by atoms with Crippen LogP contribution in [-0.2, 0) is 20.6 Å². The van der Waals surface area contributed by atoms with Crippen molar-refractivity contribution in [2.75, 3.05) is 5.75 Å². The smallest absolute Gasteiger partial charge is 0.241 e. The Morgan fingerprint density at radius 1 is 1.12 bits per heavy atom. The summed E-state index contributed by atoms with van der Waals surface area (Å²) in [5.41, 5.74) is 1.00. The number of hydrogen-bond acceptors (Lipinski definition) is 5. The number of sulfonamides is 1. The number of rotatable bonds is 8. The summed E-state index contributed by atoms with van der Waals surface area (Å²) in [5.74, 6) is -1.54. The van der Waals surface area contributed by atoms with Crippen molar-refractivity contribution < 1.29 is 22.7 Å². The third kappa shape index (κ3) is 5.33. The average molecular weight is 368 g/mol. The number of carbonyl (C=O) groups is 1. The lowest BCUT2D eigenvalue weighted by Crippen LogP contribution is -2.49. The highest BCUT2D eigenvalue weighted by atomic mass is 32.2. The first kappa shape index (κ1) is 18.4. The lowest BCUT2D eigenvalue weighted by atomic mass is 10.2. The van der Waals surface area contributed by atoms with E-state index in [0.717, 1.165) is 29.8 Å². The monoisotopic (exact) mass is 368 g/mol. The molecule has 2 aromatic rings. The van der Waals surface area contributed by atoms with E-state index < -0.39 is 27.9 Å². The first-order chi connectivity index (χ1) is 11.4. The zero-order chi connectivity index (χ0) is 17.6. The van der Waals surface area contributed by atoms with Crippen molar-refractivity contribution in [1.29, 1.82) is 0 Å². The second-order valence-electron chi connectivity index (χ2n) is 4.95. The summed E-state index contributed by atoms with van der Waals surface area (Å²) in [6.07, 6.45) is 0. The first-order valence-electron chi connectivity index (χ1n) is 6.99. The molecule has 128 valence electrons. The van der Waals surface area contributed by atoms with Gasteiger partial charge < -0.3 is 9.90 Å². The summed E-state index contributed by atoms with van der Waals surface area (Å²) >= 11 is 1.27. The highest BCUT2D eigenvalue weighted by molar-refractivity contribution is 7.98. The molecule has 2 aromatic carbocycles. The van der Waals surface area contributed by atoms with Crippen LogP contribution in [0.3, 0.4) is 0 Å². The number of halogens is 1. The minimum Gasteiger partial charge on any atom is -0.548 e. The molecule has 5 nitrogen and oxygen atoms in total. The molecule has 0 bridgehead atoms. The van der Waals surface area contributed by atoms with E-state index in [0.29, 0.717) is 5.75 Å². The highest BCUT2D eigenvalue weighted by Gasteiger charge is 2.21. The van der Waals surface area contributed by atoms with Crippen LogP contribution in [0.5, 0.6) is 0 Å². The molecular formula is C16H15FNO4S2-. The molecule has 0 aliphatic rings. The molecule has 0 fully saturated rings. The number of carboxylic acids is 1. The van der Waals surface area contributed by atoms with Gasteiger partial charge in [0.05, 0.1) is 16.9 Å². The van der Waals surface area contributed by atoms with Gasteiger partial charge in [-0.05, 0) is 29.8 Å². The molecule has 0 radical (unpaired) electrons. The number of thioether (sulfide) groups is 1. The van der Waals surface area contributed by atoms with E-state index in [1.807, 2.05) is 30.3 Å². The van der Waals surface area contributed by atoms with Gasteiger partial charge in [-0.1, -0.05) is 30.3 Å². The summed E-state index contributed by atoms with van der Waals surface area (Å²) in [4.78, 5) is 11.0. The van der Waals surface area contributed by atoms with Crippen LogP contribution in [0.15, 0.2) is 59.5 Å². The normalized spacial score (nSPS) is 12.7. The zero-order valence-corrected chi connectivity index (χ0v) is 14.1. The third-order valence-electron chi connectivity index (χ3n) is 3.10. The van der Waals surface area contributed by atoms with Crippen LogP contribution >= 0.6 is 11.8 Å². The van der Waals surface area contributed by atoms with Crippen LogP contribution in [0.1, 0.15) is 5.56 Å². The maximum Gasteiger partial charge on any atom is 0.241 e. The van der Waals surface area contributed by atoms with Crippen molar-refractivity contribution in [1.82, 2.24) is 4.72 Å². The molecule has 0 aromatic heterocycles. The van der Waals surface area contributed by atoms with Crippen molar-refractivity contribution in [3.05, 3.63) is 66.0 Å². The SMILES string of the molecule is O=C([O-])[C@H](CSCc1ccccc1)NS(=O)(=O)c1ccc(F)cc1. The maximum absolute atomic E-state index is 12.9. The Morgan fingerprint density at radius 3 is 2.33 bits per heavy atom. The van der Waals surface area contributed by atoms with Crippen LogP contribution in [0.2, 0.25) is 0 Å². The largest absolute Gasteiger partial charge is 0.548 e. The molecule has 1 atom stereocenters. The molecule has 0 saturated carbocycles. The number of benzene rings is 2. The summed E-state index contributed by atoms with van der Waals surface area (Å²) < 4.78 is 39.3.